The van der Waals surface area contributed by atoms with Gasteiger partial charge in [0.05, 0.1) is 0 Å². The number of hydrogen-bond donors (Lipinski definition) is 3. The van der Waals surface area contributed by atoms with Gasteiger partial charge in [0.2, 0.25) is 0 Å². The highest BCUT2D eigenvalue weighted by molar-refractivity contribution is 5.02. The maximum absolute atomic E-state index is 3.48. The second-order valence-corrected chi connectivity index (χ2v) is 4.37. The SMILES string of the molecule is c1c[nH]c(CNCCC2CCCNC2)c1. The lowest BCUT2D eigenvalue weighted by molar-refractivity contribution is 0.351. The van der Waals surface area contributed by atoms with E-state index in [1.165, 1.54) is 38.0 Å². The van der Waals surface area contributed by atoms with Crippen LogP contribution in [0.2, 0.25) is 0 Å². The van der Waals surface area contributed by atoms with Crippen molar-refractivity contribution in [3.8, 4) is 0 Å². The van der Waals surface area contributed by atoms with Crippen molar-refractivity contribution in [2.24, 2.45) is 5.92 Å². The molecule has 0 radical (unpaired) electrons. The Morgan fingerprint density at radius 1 is 1.47 bits per heavy atom. The van der Waals surface area contributed by atoms with Gasteiger partial charge in [-0.15, -0.1) is 0 Å². The normalized spacial score (nSPS) is 21.7. The molecule has 1 fully saturated rings. The molecular formula is C12H21N3. The Bertz CT molecular complexity index is 250. The molecule has 1 aliphatic rings. The zero-order valence-electron chi connectivity index (χ0n) is 9.26. The van der Waals surface area contributed by atoms with Gasteiger partial charge in [-0.3, -0.25) is 0 Å². The van der Waals surface area contributed by atoms with Crippen LogP contribution in [0.25, 0.3) is 0 Å². The van der Waals surface area contributed by atoms with Gasteiger partial charge in [0.25, 0.3) is 0 Å². The Kier molecular flexibility index (Phi) is 4.23. The van der Waals surface area contributed by atoms with Crippen LogP contribution in [0, 0.1) is 5.92 Å². The van der Waals surface area contributed by atoms with Crippen molar-refractivity contribution in [2.75, 3.05) is 19.6 Å². The largest absolute Gasteiger partial charge is 0.364 e. The minimum absolute atomic E-state index is 0.884. The minimum Gasteiger partial charge on any atom is -0.364 e. The number of H-pyrrole nitrogens is 1. The maximum Gasteiger partial charge on any atom is 0.0357 e. The predicted octanol–water partition coefficient (Wildman–Crippen LogP) is 1.49. The maximum atomic E-state index is 3.48. The van der Waals surface area contributed by atoms with Gasteiger partial charge >= 0.3 is 0 Å². The molecule has 0 amide bonds. The zero-order valence-corrected chi connectivity index (χ0v) is 9.26. The van der Waals surface area contributed by atoms with E-state index in [1.54, 1.807) is 0 Å². The minimum atomic E-state index is 0.884. The molecule has 2 heterocycles. The Labute approximate surface area is 91.7 Å². The molecule has 2 rings (SSSR count). The van der Waals surface area contributed by atoms with E-state index in [-0.39, 0.29) is 0 Å². The summed E-state index contributed by atoms with van der Waals surface area (Å²) in [6.07, 6.45) is 6.02. The predicted molar refractivity (Wildman–Crippen MR) is 62.7 cm³/mol. The van der Waals surface area contributed by atoms with E-state index in [4.69, 9.17) is 0 Å². The van der Waals surface area contributed by atoms with Crippen molar-refractivity contribution in [3.63, 3.8) is 0 Å². The molecule has 1 aromatic heterocycles. The molecular weight excluding hydrogens is 186 g/mol. The van der Waals surface area contributed by atoms with Crippen LogP contribution in [0.1, 0.15) is 25.0 Å². The van der Waals surface area contributed by atoms with Gasteiger partial charge < -0.3 is 15.6 Å². The highest BCUT2D eigenvalue weighted by atomic mass is 14.9. The lowest BCUT2D eigenvalue weighted by Gasteiger charge is -2.22. The summed E-state index contributed by atoms with van der Waals surface area (Å²) in [6, 6.07) is 4.16. The third kappa shape index (κ3) is 3.68. The summed E-state index contributed by atoms with van der Waals surface area (Å²) in [7, 11) is 0. The van der Waals surface area contributed by atoms with Crippen molar-refractivity contribution in [1.82, 2.24) is 15.6 Å². The fraction of sp³-hybridized carbons (Fsp3) is 0.667. The first kappa shape index (κ1) is 10.7. The average molecular weight is 207 g/mol. The second-order valence-electron chi connectivity index (χ2n) is 4.37. The van der Waals surface area contributed by atoms with E-state index in [9.17, 15) is 0 Å². The van der Waals surface area contributed by atoms with Gasteiger partial charge in [-0.05, 0) is 56.9 Å². The molecule has 0 aromatic carbocycles. The molecule has 84 valence electrons. The smallest absolute Gasteiger partial charge is 0.0357 e. The van der Waals surface area contributed by atoms with Gasteiger partial charge in [0.1, 0.15) is 0 Å². The fourth-order valence-corrected chi connectivity index (χ4v) is 2.18. The number of piperidine rings is 1. The Hall–Kier alpha value is -0.800. The summed E-state index contributed by atoms with van der Waals surface area (Å²) in [4.78, 5) is 3.20. The first-order chi connectivity index (χ1) is 7.45. The summed E-state index contributed by atoms with van der Waals surface area (Å²) in [5, 5.41) is 6.93. The number of nitrogens with one attached hydrogen (secondary N) is 3. The van der Waals surface area contributed by atoms with Crippen molar-refractivity contribution in [1.29, 1.82) is 0 Å². The van der Waals surface area contributed by atoms with Crippen molar-refractivity contribution < 1.29 is 0 Å². The first-order valence-corrected chi connectivity index (χ1v) is 5.99. The van der Waals surface area contributed by atoms with Crippen LogP contribution in [0.3, 0.4) is 0 Å². The monoisotopic (exact) mass is 207 g/mol. The molecule has 0 aliphatic carbocycles. The quantitative estimate of drug-likeness (QED) is 0.640. The Balaban J connectivity index is 1.54. The van der Waals surface area contributed by atoms with E-state index in [0.29, 0.717) is 0 Å². The van der Waals surface area contributed by atoms with Crippen LogP contribution >= 0.6 is 0 Å². The number of aromatic nitrogens is 1. The van der Waals surface area contributed by atoms with E-state index in [0.717, 1.165) is 19.0 Å². The highest BCUT2D eigenvalue weighted by Crippen LogP contribution is 2.12. The molecule has 0 saturated carbocycles. The third-order valence-corrected chi connectivity index (χ3v) is 3.11. The molecule has 0 spiro atoms. The summed E-state index contributed by atoms with van der Waals surface area (Å²) in [5.41, 5.74) is 1.27. The molecule has 1 atom stereocenters. The number of aromatic amines is 1. The highest BCUT2D eigenvalue weighted by Gasteiger charge is 2.11. The lowest BCUT2D eigenvalue weighted by atomic mass is 9.96. The molecule has 1 aromatic rings. The van der Waals surface area contributed by atoms with E-state index < -0.39 is 0 Å². The van der Waals surface area contributed by atoms with Crippen LogP contribution in [0.15, 0.2) is 18.3 Å². The Morgan fingerprint density at radius 3 is 3.20 bits per heavy atom. The summed E-state index contributed by atoms with van der Waals surface area (Å²) < 4.78 is 0. The summed E-state index contributed by atoms with van der Waals surface area (Å²) in [5.74, 6) is 0.884. The van der Waals surface area contributed by atoms with Gasteiger partial charge in [0.15, 0.2) is 0 Å². The van der Waals surface area contributed by atoms with E-state index in [2.05, 4.69) is 21.7 Å². The van der Waals surface area contributed by atoms with E-state index >= 15 is 0 Å². The van der Waals surface area contributed by atoms with Crippen LogP contribution in [0.4, 0.5) is 0 Å². The van der Waals surface area contributed by atoms with Gasteiger partial charge in [0, 0.05) is 18.4 Å². The molecule has 1 aliphatic heterocycles. The number of hydrogen-bond acceptors (Lipinski definition) is 2. The van der Waals surface area contributed by atoms with Crippen molar-refractivity contribution in [3.05, 3.63) is 24.0 Å². The van der Waals surface area contributed by atoms with Gasteiger partial charge in [-0.1, -0.05) is 0 Å². The topological polar surface area (TPSA) is 39.9 Å². The van der Waals surface area contributed by atoms with Gasteiger partial charge in [-0.2, -0.15) is 0 Å². The average Bonchev–Trinajstić information content (AvgIpc) is 2.79. The molecule has 3 N–H and O–H groups in total. The van der Waals surface area contributed by atoms with Crippen LogP contribution in [0.5, 0.6) is 0 Å². The van der Waals surface area contributed by atoms with Crippen molar-refractivity contribution in [2.45, 2.75) is 25.8 Å². The second kappa shape index (κ2) is 5.93. The van der Waals surface area contributed by atoms with Crippen LogP contribution in [-0.4, -0.2) is 24.6 Å². The van der Waals surface area contributed by atoms with Crippen LogP contribution in [-0.2, 0) is 6.54 Å². The standard InChI is InChI=1S/C12H21N3/c1-3-11(9-13-6-1)5-8-14-10-12-4-2-7-15-12/h2,4,7,11,13-15H,1,3,5-6,8-10H2. The van der Waals surface area contributed by atoms with Crippen LogP contribution < -0.4 is 10.6 Å². The fourth-order valence-electron chi connectivity index (χ4n) is 2.18. The lowest BCUT2D eigenvalue weighted by Crippen LogP contribution is -2.31. The molecule has 0 bridgehead atoms. The summed E-state index contributed by atoms with van der Waals surface area (Å²) >= 11 is 0. The molecule has 15 heavy (non-hydrogen) atoms. The third-order valence-electron chi connectivity index (χ3n) is 3.11. The number of rotatable bonds is 5. The first-order valence-electron chi connectivity index (χ1n) is 5.99. The molecule has 3 nitrogen and oxygen atoms in total. The summed E-state index contributed by atoms with van der Waals surface area (Å²) in [6.45, 7) is 4.52. The van der Waals surface area contributed by atoms with Crippen molar-refractivity contribution >= 4 is 0 Å². The van der Waals surface area contributed by atoms with Gasteiger partial charge in [-0.25, -0.2) is 0 Å². The zero-order chi connectivity index (χ0) is 10.3. The molecule has 3 heteroatoms. The molecule has 1 unspecified atom stereocenters. The molecule has 1 saturated heterocycles. The Morgan fingerprint density at radius 2 is 2.47 bits per heavy atom. The van der Waals surface area contributed by atoms with E-state index in [1.807, 2.05) is 12.3 Å².